The van der Waals surface area contributed by atoms with Crippen LogP contribution in [0.1, 0.15) is 19.0 Å². The van der Waals surface area contributed by atoms with Crippen molar-refractivity contribution in [2.45, 2.75) is 13.3 Å². The van der Waals surface area contributed by atoms with Crippen LogP contribution in [0.25, 0.3) is 6.08 Å². The highest BCUT2D eigenvalue weighted by Crippen LogP contribution is 2.29. The lowest BCUT2D eigenvalue weighted by atomic mass is 10.1. The van der Waals surface area contributed by atoms with Gasteiger partial charge in [0.05, 0.1) is 11.4 Å². The third kappa shape index (κ3) is 5.42. The number of carbonyl (C=O) groups excluding carboxylic acids is 2. The molecular formula is C25H26N4O2S. The Morgan fingerprint density at radius 1 is 1.16 bits per heavy atom. The second kappa shape index (κ2) is 10.2. The minimum Gasteiger partial charge on any atom is -0.371 e. The number of carbonyl (C=O) groups is 2. The van der Waals surface area contributed by atoms with E-state index in [0.717, 1.165) is 25.2 Å². The normalized spacial score (nSPS) is 15.8. The fraction of sp³-hybridized carbons (Fsp3) is 0.240. The number of thiazole rings is 1. The summed E-state index contributed by atoms with van der Waals surface area (Å²) < 4.78 is 0. The van der Waals surface area contributed by atoms with Crippen LogP contribution in [0.4, 0.5) is 16.5 Å². The Balaban J connectivity index is 1.30. The quantitative estimate of drug-likeness (QED) is 0.544. The first-order valence-electron chi connectivity index (χ1n) is 10.7. The van der Waals surface area contributed by atoms with Crippen LogP contribution in [0.3, 0.4) is 0 Å². The van der Waals surface area contributed by atoms with Gasteiger partial charge in [-0.15, -0.1) is 11.3 Å². The third-order valence-corrected chi connectivity index (χ3v) is 6.25. The molecule has 1 N–H and O–H groups in total. The summed E-state index contributed by atoms with van der Waals surface area (Å²) >= 11 is 1.37. The first-order chi connectivity index (χ1) is 15.6. The molecule has 0 bridgehead atoms. The van der Waals surface area contributed by atoms with Crippen molar-refractivity contribution in [2.24, 2.45) is 5.92 Å². The Morgan fingerprint density at radius 2 is 1.88 bits per heavy atom. The van der Waals surface area contributed by atoms with E-state index < -0.39 is 0 Å². The molecule has 1 aliphatic heterocycles. The molecule has 2 heterocycles. The number of hydrogen-bond acceptors (Lipinski definition) is 5. The molecule has 0 saturated carbocycles. The Kier molecular flexibility index (Phi) is 6.97. The summed E-state index contributed by atoms with van der Waals surface area (Å²) in [7, 11) is 0. The van der Waals surface area contributed by atoms with Gasteiger partial charge < -0.3 is 10.2 Å². The molecule has 1 unspecified atom stereocenters. The number of aromatic nitrogens is 1. The standard InChI is InChI=1S/C25H26N4O2S/c1-19(30)29(23-10-6-3-7-11-23)25-27-21(18-32-25)12-13-24(31)26-16-20-14-15-28(17-20)22-8-4-2-5-9-22/h2-13,18,20H,14-17H2,1H3,(H,26,31)/b13-12+. The number of rotatable bonds is 7. The summed E-state index contributed by atoms with van der Waals surface area (Å²) in [5, 5.41) is 5.42. The molecule has 2 amide bonds. The number of benzene rings is 2. The van der Waals surface area contributed by atoms with Crippen molar-refractivity contribution in [3.05, 3.63) is 77.8 Å². The van der Waals surface area contributed by atoms with E-state index in [9.17, 15) is 9.59 Å². The van der Waals surface area contributed by atoms with Crippen molar-refractivity contribution >= 4 is 45.7 Å². The van der Waals surface area contributed by atoms with Gasteiger partial charge in [0.25, 0.3) is 0 Å². The molecule has 1 saturated heterocycles. The highest BCUT2D eigenvalue weighted by Gasteiger charge is 2.22. The summed E-state index contributed by atoms with van der Waals surface area (Å²) in [6, 6.07) is 19.8. The van der Waals surface area contributed by atoms with Crippen LogP contribution in [-0.4, -0.2) is 36.4 Å². The van der Waals surface area contributed by atoms with E-state index in [2.05, 4.69) is 39.5 Å². The van der Waals surface area contributed by atoms with Crippen molar-refractivity contribution in [1.82, 2.24) is 10.3 Å². The lowest BCUT2D eigenvalue weighted by molar-refractivity contribution is -0.117. The van der Waals surface area contributed by atoms with Crippen LogP contribution < -0.4 is 15.1 Å². The summed E-state index contributed by atoms with van der Waals surface area (Å²) in [4.78, 5) is 32.9. The predicted molar refractivity (Wildman–Crippen MR) is 130 cm³/mol. The molecule has 1 atom stereocenters. The van der Waals surface area contributed by atoms with E-state index in [-0.39, 0.29) is 11.8 Å². The molecule has 4 rings (SSSR count). The van der Waals surface area contributed by atoms with Gasteiger partial charge in [-0.2, -0.15) is 0 Å². The molecule has 7 heteroatoms. The third-order valence-electron chi connectivity index (χ3n) is 5.41. The van der Waals surface area contributed by atoms with Gasteiger partial charge in [-0.1, -0.05) is 36.4 Å². The molecule has 3 aromatic rings. The number of nitrogens with zero attached hydrogens (tertiary/aromatic N) is 3. The topological polar surface area (TPSA) is 65.5 Å². The van der Waals surface area contributed by atoms with E-state index in [1.807, 2.05) is 41.8 Å². The number of anilines is 3. The smallest absolute Gasteiger partial charge is 0.244 e. The van der Waals surface area contributed by atoms with Crippen LogP contribution in [0.2, 0.25) is 0 Å². The zero-order valence-corrected chi connectivity index (χ0v) is 18.8. The van der Waals surface area contributed by atoms with Crippen molar-refractivity contribution in [3.63, 3.8) is 0 Å². The lowest BCUT2D eigenvalue weighted by Crippen LogP contribution is -2.29. The second-order valence-corrected chi connectivity index (χ2v) is 8.60. The minimum atomic E-state index is -0.135. The van der Waals surface area contributed by atoms with E-state index in [1.165, 1.54) is 30.0 Å². The molecule has 0 spiro atoms. The number of nitrogens with one attached hydrogen (secondary N) is 1. The summed E-state index contributed by atoms with van der Waals surface area (Å²) in [5.74, 6) is 0.192. The van der Waals surface area contributed by atoms with Crippen molar-refractivity contribution in [2.75, 3.05) is 29.4 Å². The van der Waals surface area contributed by atoms with Crippen LogP contribution in [0.5, 0.6) is 0 Å². The van der Waals surface area contributed by atoms with Gasteiger partial charge in [-0.3, -0.25) is 14.5 Å². The van der Waals surface area contributed by atoms with Crippen LogP contribution in [0, 0.1) is 5.92 Å². The fourth-order valence-electron chi connectivity index (χ4n) is 3.80. The minimum absolute atomic E-state index is 0.111. The van der Waals surface area contributed by atoms with E-state index in [1.54, 1.807) is 11.0 Å². The molecule has 1 aromatic heterocycles. The maximum absolute atomic E-state index is 12.3. The van der Waals surface area contributed by atoms with Gasteiger partial charge >= 0.3 is 0 Å². The zero-order chi connectivity index (χ0) is 22.3. The number of para-hydroxylation sites is 2. The highest BCUT2D eigenvalue weighted by atomic mass is 32.1. The van der Waals surface area contributed by atoms with Crippen LogP contribution in [0.15, 0.2) is 72.1 Å². The van der Waals surface area contributed by atoms with Crippen molar-refractivity contribution < 1.29 is 9.59 Å². The van der Waals surface area contributed by atoms with Gasteiger partial charge in [0.1, 0.15) is 0 Å². The number of amides is 2. The van der Waals surface area contributed by atoms with Gasteiger partial charge in [0.15, 0.2) is 5.13 Å². The monoisotopic (exact) mass is 446 g/mol. The van der Waals surface area contributed by atoms with Gasteiger partial charge in [-0.05, 0) is 42.7 Å². The van der Waals surface area contributed by atoms with Crippen molar-refractivity contribution in [3.8, 4) is 0 Å². The molecule has 0 aliphatic carbocycles. The van der Waals surface area contributed by atoms with Crippen molar-refractivity contribution in [1.29, 1.82) is 0 Å². The van der Waals surface area contributed by atoms with Crippen LogP contribution >= 0.6 is 11.3 Å². The fourth-order valence-corrected chi connectivity index (χ4v) is 4.65. The zero-order valence-electron chi connectivity index (χ0n) is 18.0. The SMILES string of the molecule is CC(=O)N(c1ccccc1)c1nc(/C=C/C(=O)NCC2CCN(c3ccccc3)C2)cs1. The highest BCUT2D eigenvalue weighted by molar-refractivity contribution is 7.14. The molecule has 0 radical (unpaired) electrons. The Morgan fingerprint density at radius 3 is 2.59 bits per heavy atom. The van der Waals surface area contributed by atoms with Gasteiger partial charge in [-0.25, -0.2) is 4.98 Å². The molecule has 1 aliphatic rings. The van der Waals surface area contributed by atoms with Gasteiger partial charge in [0.2, 0.25) is 11.8 Å². The molecule has 1 fully saturated rings. The first kappa shape index (κ1) is 21.8. The van der Waals surface area contributed by atoms with Gasteiger partial charge in [0, 0.05) is 43.7 Å². The summed E-state index contributed by atoms with van der Waals surface area (Å²) in [6.07, 6.45) is 4.25. The Hall–Kier alpha value is -3.45. The Bertz CT molecular complexity index is 1080. The largest absolute Gasteiger partial charge is 0.371 e. The van der Waals surface area contributed by atoms with E-state index in [4.69, 9.17) is 0 Å². The maximum Gasteiger partial charge on any atom is 0.244 e. The molecule has 2 aromatic carbocycles. The molecule has 32 heavy (non-hydrogen) atoms. The summed E-state index contributed by atoms with van der Waals surface area (Å²) in [6.45, 7) is 4.13. The second-order valence-electron chi connectivity index (χ2n) is 7.76. The Labute approximate surface area is 192 Å². The molecular weight excluding hydrogens is 420 g/mol. The van der Waals surface area contributed by atoms with Crippen LogP contribution in [-0.2, 0) is 9.59 Å². The summed E-state index contributed by atoms with van der Waals surface area (Å²) in [5.41, 5.74) is 2.65. The lowest BCUT2D eigenvalue weighted by Gasteiger charge is -2.18. The molecule has 6 nitrogen and oxygen atoms in total. The van der Waals surface area contributed by atoms with E-state index in [0.29, 0.717) is 23.3 Å². The molecule has 164 valence electrons. The maximum atomic E-state index is 12.3. The average Bonchev–Trinajstić information content (AvgIpc) is 3.47. The first-order valence-corrected chi connectivity index (χ1v) is 11.6. The van der Waals surface area contributed by atoms with E-state index >= 15 is 0 Å². The number of hydrogen-bond donors (Lipinski definition) is 1. The predicted octanol–water partition coefficient (Wildman–Crippen LogP) is 4.48. The average molecular weight is 447 g/mol.